The smallest absolute Gasteiger partial charge is 0.303 e. The Labute approximate surface area is 230 Å². The number of hydrogen-bond acceptors (Lipinski definition) is 5. The van der Waals surface area contributed by atoms with Crippen molar-refractivity contribution in [2.75, 3.05) is 25.5 Å². The average molecular weight is 526 g/mol. The Morgan fingerprint density at radius 1 is 1.05 bits per heavy atom. The molecule has 39 heavy (non-hydrogen) atoms. The Balaban J connectivity index is 1.50. The van der Waals surface area contributed by atoms with Gasteiger partial charge in [-0.25, -0.2) is 0 Å². The van der Waals surface area contributed by atoms with Gasteiger partial charge >= 0.3 is 5.97 Å². The SMILES string of the molecule is COc1ccc(NC(=O)c2ccc(-c3cccc(CCC(=O)O)c3)cc2)cc1C1(C#N)CCN(C(C)C)CC1. The molecule has 0 atom stereocenters. The number of nitrogens with zero attached hydrogens (tertiary/aromatic N) is 2. The molecule has 0 bridgehead atoms. The van der Waals surface area contributed by atoms with Crippen LogP contribution in [0.2, 0.25) is 0 Å². The van der Waals surface area contributed by atoms with E-state index < -0.39 is 11.4 Å². The molecule has 202 valence electrons. The van der Waals surface area contributed by atoms with Crippen molar-refractivity contribution in [3.05, 3.63) is 83.4 Å². The zero-order valence-electron chi connectivity index (χ0n) is 22.7. The molecule has 3 aromatic rings. The van der Waals surface area contributed by atoms with E-state index in [2.05, 4.69) is 30.1 Å². The molecule has 7 nitrogen and oxygen atoms in total. The van der Waals surface area contributed by atoms with Gasteiger partial charge in [0.2, 0.25) is 0 Å². The molecule has 0 spiro atoms. The summed E-state index contributed by atoms with van der Waals surface area (Å²) in [6.45, 7) is 6.00. The van der Waals surface area contributed by atoms with Crippen molar-refractivity contribution < 1.29 is 19.4 Å². The molecule has 1 fully saturated rings. The van der Waals surface area contributed by atoms with Crippen LogP contribution in [0, 0.1) is 11.3 Å². The van der Waals surface area contributed by atoms with Crippen LogP contribution in [0.4, 0.5) is 5.69 Å². The number of carboxylic acids is 1. The van der Waals surface area contributed by atoms with Crippen LogP contribution in [0.3, 0.4) is 0 Å². The third-order valence-electron chi connectivity index (χ3n) is 7.60. The van der Waals surface area contributed by atoms with Crippen LogP contribution in [0.1, 0.15) is 54.6 Å². The molecule has 0 saturated carbocycles. The average Bonchev–Trinajstić information content (AvgIpc) is 2.96. The van der Waals surface area contributed by atoms with Crippen LogP contribution in [0.15, 0.2) is 66.7 Å². The first-order valence-electron chi connectivity index (χ1n) is 13.3. The van der Waals surface area contributed by atoms with Crippen molar-refractivity contribution >= 4 is 17.6 Å². The number of methoxy groups -OCH3 is 1. The first-order chi connectivity index (χ1) is 18.7. The van der Waals surface area contributed by atoms with Gasteiger partial charge in [-0.3, -0.25) is 9.59 Å². The summed E-state index contributed by atoms with van der Waals surface area (Å²) in [5, 5.41) is 22.2. The molecule has 3 aromatic carbocycles. The maximum atomic E-state index is 13.1. The topological polar surface area (TPSA) is 103 Å². The maximum Gasteiger partial charge on any atom is 0.303 e. The molecule has 1 amide bonds. The van der Waals surface area contributed by atoms with Crippen LogP contribution >= 0.6 is 0 Å². The minimum Gasteiger partial charge on any atom is -0.496 e. The lowest BCUT2D eigenvalue weighted by Crippen LogP contribution is -2.44. The molecule has 1 saturated heterocycles. The van der Waals surface area contributed by atoms with E-state index in [1.54, 1.807) is 25.3 Å². The monoisotopic (exact) mass is 525 g/mol. The maximum absolute atomic E-state index is 13.1. The molecular weight excluding hydrogens is 490 g/mol. The van der Waals surface area contributed by atoms with Crippen molar-refractivity contribution in [2.24, 2.45) is 0 Å². The van der Waals surface area contributed by atoms with E-state index in [9.17, 15) is 14.9 Å². The predicted octanol–water partition coefficient (Wildman–Crippen LogP) is 5.90. The molecule has 1 aliphatic rings. The van der Waals surface area contributed by atoms with Crippen LogP contribution in [-0.2, 0) is 16.6 Å². The number of carbonyl (C=O) groups excluding carboxylic acids is 1. The van der Waals surface area contributed by atoms with Gasteiger partial charge in [0.25, 0.3) is 5.91 Å². The Bertz CT molecular complexity index is 1370. The summed E-state index contributed by atoms with van der Waals surface area (Å²) in [7, 11) is 1.61. The van der Waals surface area contributed by atoms with E-state index in [-0.39, 0.29) is 12.3 Å². The molecular formula is C32H35N3O4. The van der Waals surface area contributed by atoms with E-state index in [0.29, 0.717) is 42.3 Å². The lowest BCUT2D eigenvalue weighted by Gasteiger charge is -2.40. The van der Waals surface area contributed by atoms with Gasteiger partial charge in [-0.1, -0.05) is 36.4 Å². The first kappa shape index (κ1) is 27.9. The minimum atomic E-state index is -0.820. The Hall–Kier alpha value is -4.15. The zero-order valence-corrected chi connectivity index (χ0v) is 22.7. The Kier molecular flexibility index (Phi) is 8.68. The highest BCUT2D eigenvalue weighted by atomic mass is 16.5. The van der Waals surface area contributed by atoms with Gasteiger partial charge in [0.05, 0.1) is 18.6 Å². The van der Waals surface area contributed by atoms with Crippen molar-refractivity contribution in [1.29, 1.82) is 5.26 Å². The van der Waals surface area contributed by atoms with E-state index in [1.807, 2.05) is 48.5 Å². The fourth-order valence-corrected chi connectivity index (χ4v) is 5.20. The van der Waals surface area contributed by atoms with Crippen LogP contribution < -0.4 is 10.1 Å². The number of piperidine rings is 1. The third kappa shape index (κ3) is 6.47. The second-order valence-corrected chi connectivity index (χ2v) is 10.4. The summed E-state index contributed by atoms with van der Waals surface area (Å²) in [6.07, 6.45) is 1.96. The number of aryl methyl sites for hydroxylation is 1. The highest BCUT2D eigenvalue weighted by Gasteiger charge is 2.39. The van der Waals surface area contributed by atoms with Crippen LogP contribution in [0.25, 0.3) is 11.1 Å². The number of likely N-dealkylation sites (tertiary alicyclic amines) is 1. The predicted molar refractivity (Wildman–Crippen MR) is 152 cm³/mol. The van der Waals surface area contributed by atoms with E-state index >= 15 is 0 Å². The number of hydrogen-bond donors (Lipinski definition) is 2. The third-order valence-corrected chi connectivity index (χ3v) is 7.60. The standard InChI is InChI=1S/C32H35N3O4/c1-22(2)35-17-15-32(21-33,16-18-35)28-20-27(12-13-29(28)39-3)34-31(38)25-10-8-24(9-11-25)26-6-4-5-23(19-26)7-14-30(36)37/h4-6,8-13,19-20,22H,7,14-18H2,1-3H3,(H,34,38)(H,36,37). The van der Waals surface area contributed by atoms with Gasteiger partial charge in [-0.15, -0.1) is 0 Å². The molecule has 0 radical (unpaired) electrons. The van der Waals surface area contributed by atoms with Gasteiger partial charge in [0.15, 0.2) is 0 Å². The van der Waals surface area contributed by atoms with Crippen LogP contribution in [-0.4, -0.2) is 48.1 Å². The number of carboxylic acid groups (broad SMARTS) is 1. The summed E-state index contributed by atoms with van der Waals surface area (Å²) in [6, 6.07) is 23.6. The summed E-state index contributed by atoms with van der Waals surface area (Å²) in [5.41, 5.74) is 4.14. The van der Waals surface area contributed by atoms with Gasteiger partial charge in [-0.2, -0.15) is 5.26 Å². The van der Waals surface area contributed by atoms with Crippen LogP contribution in [0.5, 0.6) is 5.75 Å². The van der Waals surface area contributed by atoms with Gasteiger partial charge in [0, 0.05) is 42.4 Å². The number of benzene rings is 3. The number of nitriles is 1. The summed E-state index contributed by atoms with van der Waals surface area (Å²) < 4.78 is 5.63. The van der Waals surface area contributed by atoms with E-state index in [4.69, 9.17) is 9.84 Å². The Morgan fingerprint density at radius 3 is 2.38 bits per heavy atom. The number of carbonyl (C=O) groups is 2. The minimum absolute atomic E-state index is 0.0848. The number of aliphatic carboxylic acids is 1. The molecule has 0 unspecified atom stereocenters. The highest BCUT2D eigenvalue weighted by Crippen LogP contribution is 2.41. The number of ether oxygens (including phenoxy) is 1. The largest absolute Gasteiger partial charge is 0.496 e. The molecule has 4 rings (SSSR count). The van der Waals surface area contributed by atoms with Crippen molar-refractivity contribution in [2.45, 2.75) is 51.0 Å². The van der Waals surface area contributed by atoms with Gasteiger partial charge < -0.3 is 20.1 Å². The fraction of sp³-hybridized carbons (Fsp3) is 0.344. The number of amides is 1. The lowest BCUT2D eigenvalue weighted by molar-refractivity contribution is -0.136. The second kappa shape index (κ2) is 12.1. The van der Waals surface area contributed by atoms with Gasteiger partial charge in [-0.05, 0) is 80.1 Å². The molecule has 0 aliphatic carbocycles. The summed E-state index contributed by atoms with van der Waals surface area (Å²) in [4.78, 5) is 26.4. The second-order valence-electron chi connectivity index (χ2n) is 10.4. The number of nitrogens with one attached hydrogen (secondary N) is 1. The first-order valence-corrected chi connectivity index (χ1v) is 13.3. The molecule has 0 aromatic heterocycles. The van der Waals surface area contributed by atoms with Crippen molar-refractivity contribution in [3.63, 3.8) is 0 Å². The number of rotatable bonds is 9. The fourth-order valence-electron chi connectivity index (χ4n) is 5.20. The van der Waals surface area contributed by atoms with Crippen molar-refractivity contribution in [3.8, 4) is 22.9 Å². The quantitative estimate of drug-likeness (QED) is 0.361. The summed E-state index contributed by atoms with van der Waals surface area (Å²) >= 11 is 0. The molecule has 2 N–H and O–H groups in total. The molecule has 1 heterocycles. The normalized spacial score (nSPS) is 14.9. The van der Waals surface area contributed by atoms with Crippen molar-refractivity contribution in [1.82, 2.24) is 4.90 Å². The lowest BCUT2D eigenvalue weighted by atomic mass is 9.73. The van der Waals surface area contributed by atoms with E-state index in [0.717, 1.165) is 35.3 Å². The summed E-state index contributed by atoms with van der Waals surface area (Å²) in [5.74, 6) is -0.407. The van der Waals surface area contributed by atoms with E-state index in [1.165, 1.54) is 0 Å². The number of anilines is 1. The molecule has 1 aliphatic heterocycles. The highest BCUT2D eigenvalue weighted by molar-refractivity contribution is 6.04. The Morgan fingerprint density at radius 2 is 1.77 bits per heavy atom. The zero-order chi connectivity index (χ0) is 28.0. The van der Waals surface area contributed by atoms with Gasteiger partial charge in [0.1, 0.15) is 5.75 Å². The molecule has 7 heteroatoms.